The smallest absolute Gasteiger partial charge is 0.233 e. The third-order valence-electron chi connectivity index (χ3n) is 4.83. The van der Waals surface area contributed by atoms with Crippen LogP contribution in [-0.4, -0.2) is 43.1 Å². The second-order valence-corrected chi connectivity index (χ2v) is 7.67. The van der Waals surface area contributed by atoms with Gasteiger partial charge in [0.2, 0.25) is 11.9 Å². The number of hydrogen-bond donors (Lipinski definition) is 2. The van der Waals surface area contributed by atoms with E-state index in [2.05, 4.69) is 47.7 Å². The van der Waals surface area contributed by atoms with Crippen LogP contribution in [0.3, 0.4) is 0 Å². The van der Waals surface area contributed by atoms with E-state index in [0.717, 1.165) is 17.9 Å². The summed E-state index contributed by atoms with van der Waals surface area (Å²) in [5, 5.41) is 10.6. The molecule has 1 aromatic carbocycles. The molecule has 5 rings (SSSR count). The van der Waals surface area contributed by atoms with E-state index in [-0.39, 0.29) is 0 Å². The number of rotatable bonds is 8. The van der Waals surface area contributed by atoms with E-state index in [4.69, 9.17) is 4.74 Å². The van der Waals surface area contributed by atoms with Gasteiger partial charge in [-0.05, 0) is 41.6 Å². The van der Waals surface area contributed by atoms with Crippen molar-refractivity contribution < 1.29 is 4.74 Å². The first-order chi connectivity index (χ1) is 15.8. The van der Waals surface area contributed by atoms with Gasteiger partial charge in [0.25, 0.3) is 0 Å². The zero-order chi connectivity index (χ0) is 21.8. The Kier molecular flexibility index (Phi) is 5.58. The number of benzene rings is 1. The Labute approximate surface area is 188 Å². The number of nitrogens with zero attached hydrogens (tertiary/aromatic N) is 6. The zero-order valence-corrected chi connectivity index (χ0v) is 18.1. The van der Waals surface area contributed by atoms with Crippen molar-refractivity contribution in [2.75, 3.05) is 24.3 Å². The monoisotopic (exact) mass is 444 g/mol. The summed E-state index contributed by atoms with van der Waals surface area (Å²) >= 11 is 1.62. The second kappa shape index (κ2) is 8.98. The van der Waals surface area contributed by atoms with Gasteiger partial charge in [0.05, 0.1) is 12.8 Å². The fraction of sp³-hybridized carbons (Fsp3) is 0.136. The summed E-state index contributed by atoms with van der Waals surface area (Å²) in [6.07, 6.45) is 5.92. The van der Waals surface area contributed by atoms with E-state index in [0.29, 0.717) is 35.4 Å². The van der Waals surface area contributed by atoms with E-state index in [1.54, 1.807) is 43.2 Å². The predicted molar refractivity (Wildman–Crippen MR) is 125 cm³/mol. The minimum Gasteiger partial charge on any atom is -0.497 e. The van der Waals surface area contributed by atoms with Gasteiger partial charge in [-0.1, -0.05) is 12.1 Å². The molecular weight excluding hydrogens is 424 g/mol. The van der Waals surface area contributed by atoms with Gasteiger partial charge in [-0.15, -0.1) is 0 Å². The molecule has 4 heterocycles. The Morgan fingerprint density at radius 2 is 1.84 bits per heavy atom. The summed E-state index contributed by atoms with van der Waals surface area (Å²) < 4.78 is 7.17. The highest BCUT2D eigenvalue weighted by molar-refractivity contribution is 7.08. The fourth-order valence-electron chi connectivity index (χ4n) is 3.24. The lowest BCUT2D eigenvalue weighted by Crippen LogP contribution is -2.10. The molecule has 10 heteroatoms. The number of imidazole rings is 1. The van der Waals surface area contributed by atoms with Gasteiger partial charge in [-0.3, -0.25) is 9.88 Å². The molecule has 0 aliphatic carbocycles. The number of aromatic nitrogens is 6. The molecule has 2 N–H and O–H groups in total. The third-order valence-corrected chi connectivity index (χ3v) is 5.51. The molecule has 0 aliphatic heterocycles. The maximum atomic E-state index is 5.23. The molecule has 160 valence electrons. The molecule has 4 aromatic heterocycles. The molecule has 0 bridgehead atoms. The summed E-state index contributed by atoms with van der Waals surface area (Å²) in [5.74, 6) is 2.32. The van der Waals surface area contributed by atoms with Crippen molar-refractivity contribution >= 4 is 40.2 Å². The summed E-state index contributed by atoms with van der Waals surface area (Å²) in [6.45, 7) is 0.686. The highest BCUT2D eigenvalue weighted by Gasteiger charge is 2.15. The fourth-order valence-corrected chi connectivity index (χ4v) is 3.87. The second-order valence-electron chi connectivity index (χ2n) is 6.89. The highest BCUT2D eigenvalue weighted by atomic mass is 32.1. The number of nitrogens with one attached hydrogen (secondary N) is 2. The van der Waals surface area contributed by atoms with Gasteiger partial charge >= 0.3 is 0 Å². The number of anilines is 3. The van der Waals surface area contributed by atoms with E-state index >= 15 is 0 Å². The Bertz CT molecular complexity index is 1300. The topological polar surface area (TPSA) is 103 Å². The molecule has 0 saturated heterocycles. The van der Waals surface area contributed by atoms with Crippen LogP contribution in [0.4, 0.5) is 17.7 Å². The lowest BCUT2D eigenvalue weighted by Gasteiger charge is -2.10. The van der Waals surface area contributed by atoms with Gasteiger partial charge < -0.3 is 10.1 Å². The molecule has 0 spiro atoms. The maximum absolute atomic E-state index is 5.23. The molecule has 0 atom stereocenters. The Morgan fingerprint density at radius 3 is 2.59 bits per heavy atom. The summed E-state index contributed by atoms with van der Waals surface area (Å²) in [7, 11) is 1.66. The van der Waals surface area contributed by atoms with Crippen LogP contribution >= 0.6 is 11.3 Å². The summed E-state index contributed by atoms with van der Waals surface area (Å²) in [4.78, 5) is 22.3. The molecule has 0 fully saturated rings. The van der Waals surface area contributed by atoms with Crippen molar-refractivity contribution in [1.82, 2.24) is 29.5 Å². The molecule has 9 nitrogen and oxygen atoms in total. The number of methoxy groups -OCH3 is 1. The van der Waals surface area contributed by atoms with Crippen molar-refractivity contribution in [2.24, 2.45) is 0 Å². The average Bonchev–Trinajstić information content (AvgIpc) is 3.50. The van der Waals surface area contributed by atoms with Crippen LogP contribution < -0.4 is 15.4 Å². The standard InChI is InChI=1S/C22H20N8OS/c1-31-17-5-3-15(4-6-17)7-11-23-19-18-20(30(14-26-18)16-8-12-32-13-16)28-22(27-19)29-21-24-9-2-10-25-21/h2-6,8-10,12-14H,7,11H2,1H3,(H2,23,24,25,27,28,29). The van der Waals surface area contributed by atoms with Crippen LogP contribution in [0.25, 0.3) is 16.9 Å². The van der Waals surface area contributed by atoms with Gasteiger partial charge in [0.1, 0.15) is 12.1 Å². The highest BCUT2D eigenvalue weighted by Crippen LogP contribution is 2.25. The first-order valence-electron chi connectivity index (χ1n) is 9.98. The van der Waals surface area contributed by atoms with Crippen molar-refractivity contribution in [2.45, 2.75) is 6.42 Å². The third kappa shape index (κ3) is 4.21. The molecular formula is C22H20N8OS. The van der Waals surface area contributed by atoms with Crippen molar-refractivity contribution in [3.63, 3.8) is 0 Å². The number of ether oxygens (including phenoxy) is 1. The maximum Gasteiger partial charge on any atom is 0.233 e. The number of fused-ring (bicyclic) bond motifs is 1. The van der Waals surface area contributed by atoms with Gasteiger partial charge in [0, 0.05) is 24.3 Å². The van der Waals surface area contributed by atoms with Crippen molar-refractivity contribution in [3.8, 4) is 11.4 Å². The Morgan fingerprint density at radius 1 is 1.00 bits per heavy atom. The van der Waals surface area contributed by atoms with Crippen LogP contribution in [0.2, 0.25) is 0 Å². The first-order valence-corrected chi connectivity index (χ1v) is 10.9. The van der Waals surface area contributed by atoms with Gasteiger partial charge in [-0.2, -0.15) is 21.3 Å². The number of hydrogen-bond acceptors (Lipinski definition) is 9. The van der Waals surface area contributed by atoms with Crippen LogP contribution in [0.15, 0.2) is 65.9 Å². The molecule has 0 amide bonds. The molecule has 32 heavy (non-hydrogen) atoms. The van der Waals surface area contributed by atoms with Crippen LogP contribution in [-0.2, 0) is 6.42 Å². The first kappa shape index (κ1) is 19.9. The van der Waals surface area contributed by atoms with E-state index in [9.17, 15) is 0 Å². The zero-order valence-electron chi connectivity index (χ0n) is 17.3. The lowest BCUT2D eigenvalue weighted by atomic mass is 10.1. The lowest BCUT2D eigenvalue weighted by molar-refractivity contribution is 0.414. The molecule has 0 saturated carbocycles. The quantitative estimate of drug-likeness (QED) is 0.369. The predicted octanol–water partition coefficient (Wildman–Crippen LogP) is 4.07. The molecule has 0 aliphatic rings. The van der Waals surface area contributed by atoms with Crippen molar-refractivity contribution in [3.05, 3.63) is 71.4 Å². The normalized spacial score (nSPS) is 10.9. The van der Waals surface area contributed by atoms with Crippen molar-refractivity contribution in [1.29, 1.82) is 0 Å². The number of thiophene rings is 1. The average molecular weight is 445 g/mol. The minimum atomic E-state index is 0.396. The van der Waals surface area contributed by atoms with Crippen LogP contribution in [0, 0.1) is 0 Å². The Balaban J connectivity index is 1.44. The van der Waals surface area contributed by atoms with Gasteiger partial charge in [-0.25, -0.2) is 15.0 Å². The largest absolute Gasteiger partial charge is 0.497 e. The summed E-state index contributed by atoms with van der Waals surface area (Å²) in [6, 6.07) is 11.8. The minimum absolute atomic E-state index is 0.396. The molecule has 0 radical (unpaired) electrons. The molecule has 5 aromatic rings. The Hall–Kier alpha value is -4.05. The van der Waals surface area contributed by atoms with Crippen LogP contribution in [0.1, 0.15) is 5.56 Å². The van der Waals surface area contributed by atoms with E-state index in [1.807, 2.05) is 33.5 Å². The summed E-state index contributed by atoms with van der Waals surface area (Å²) in [5.41, 5.74) is 3.60. The van der Waals surface area contributed by atoms with E-state index < -0.39 is 0 Å². The SMILES string of the molecule is COc1ccc(CCNc2nc(Nc3ncccn3)nc3c2ncn3-c2ccsc2)cc1. The van der Waals surface area contributed by atoms with Gasteiger partial charge in [0.15, 0.2) is 17.0 Å². The molecule has 0 unspecified atom stereocenters. The van der Waals surface area contributed by atoms with E-state index in [1.165, 1.54) is 5.56 Å². The van der Waals surface area contributed by atoms with Crippen LogP contribution in [0.5, 0.6) is 5.75 Å².